The first-order valence-corrected chi connectivity index (χ1v) is 11.3. The van der Waals surface area contributed by atoms with Gasteiger partial charge in [-0.3, -0.25) is 0 Å². The van der Waals surface area contributed by atoms with Crippen LogP contribution in [0.3, 0.4) is 0 Å². The maximum Gasteiger partial charge on any atom is -0.0275 e. The molecule has 0 aliphatic heterocycles. The van der Waals surface area contributed by atoms with Gasteiger partial charge in [0.05, 0.1) is 0 Å². The number of hydrogen-bond acceptors (Lipinski definition) is 0. The summed E-state index contributed by atoms with van der Waals surface area (Å²) in [5.41, 5.74) is 2.85. The van der Waals surface area contributed by atoms with Gasteiger partial charge in [0.1, 0.15) is 0 Å². The van der Waals surface area contributed by atoms with Gasteiger partial charge in [0, 0.05) is 0 Å². The van der Waals surface area contributed by atoms with Gasteiger partial charge in [-0.2, -0.15) is 0 Å². The van der Waals surface area contributed by atoms with Crippen molar-refractivity contribution in [1.82, 2.24) is 0 Å². The van der Waals surface area contributed by atoms with Crippen LogP contribution in [-0.2, 0) is 0 Å². The van der Waals surface area contributed by atoms with E-state index < -0.39 is 0 Å². The minimum Gasteiger partial charge on any atom is -0.133 e. The van der Waals surface area contributed by atoms with E-state index in [0.717, 1.165) is 0 Å². The van der Waals surface area contributed by atoms with Gasteiger partial charge < -0.3 is 0 Å². The first-order valence-electron chi connectivity index (χ1n) is 11.3. The third-order valence-corrected chi connectivity index (χ3v) is 5.10. The molecule has 0 heteroatoms. The smallest absolute Gasteiger partial charge is 0.0275 e. The number of hydrogen-bond donors (Lipinski definition) is 0. The predicted octanol–water partition coefficient (Wildman–Crippen LogP) is 9.15. The van der Waals surface area contributed by atoms with Crippen molar-refractivity contribution in [1.29, 1.82) is 0 Å². The fraction of sp³-hybridized carbons (Fsp3) is 0.875. The lowest BCUT2D eigenvalue weighted by Crippen LogP contribution is -1.84. The average molecular weight is 335 g/mol. The summed E-state index contributed by atoms with van der Waals surface area (Å²) in [6.07, 6.45) is 30.8. The van der Waals surface area contributed by atoms with Gasteiger partial charge in [0.2, 0.25) is 0 Å². The van der Waals surface area contributed by atoms with E-state index in [9.17, 15) is 0 Å². The van der Waals surface area contributed by atoms with Crippen LogP contribution >= 0.6 is 0 Å². The molecule has 0 amide bonds. The Morgan fingerprint density at radius 1 is 0.500 bits per heavy atom. The summed E-state index contributed by atoms with van der Waals surface area (Å²) < 4.78 is 0. The van der Waals surface area contributed by atoms with Crippen molar-refractivity contribution >= 4 is 0 Å². The fourth-order valence-corrected chi connectivity index (χ4v) is 3.43. The molecule has 0 aliphatic carbocycles. The summed E-state index contributed by atoms with van der Waals surface area (Å²) in [6.45, 7) is 5.90. The highest BCUT2D eigenvalue weighted by atomic mass is 14.0. The number of unbranched alkanes of at least 4 members (excludes halogenated alkanes) is 19. The molecule has 0 heterocycles. The molecule has 0 N–H and O–H groups in total. The van der Waals surface area contributed by atoms with Gasteiger partial charge in [-0.05, 0) is 18.9 Å². The second kappa shape index (κ2) is 22.5. The molecule has 0 radical (unpaired) electrons. The fourth-order valence-electron chi connectivity index (χ4n) is 3.43. The quantitative estimate of drug-likeness (QED) is 0.154. The van der Waals surface area contributed by atoms with Gasteiger partial charge in [0.15, 0.2) is 0 Å². The Balaban J connectivity index is 2.96. The Labute approximate surface area is 154 Å². The highest BCUT2D eigenvalue weighted by Crippen LogP contribution is 2.14. The highest BCUT2D eigenvalue weighted by Gasteiger charge is 1.95. The van der Waals surface area contributed by atoms with E-state index in [1.807, 2.05) is 0 Å². The molecular weight excluding hydrogens is 288 g/mol. The zero-order valence-electron chi connectivity index (χ0n) is 16.9. The molecule has 0 unspecified atom stereocenters. The SMILES string of the molecule is C=C=CCCCCCCCCCCCCCCCCCCCCC. The number of rotatable bonds is 20. The van der Waals surface area contributed by atoms with Crippen LogP contribution in [0.4, 0.5) is 0 Å². The molecule has 0 spiro atoms. The van der Waals surface area contributed by atoms with Crippen LogP contribution in [0.25, 0.3) is 0 Å². The summed E-state index contributed by atoms with van der Waals surface area (Å²) in [6, 6.07) is 0. The van der Waals surface area contributed by atoms with E-state index in [2.05, 4.69) is 25.3 Å². The van der Waals surface area contributed by atoms with Crippen molar-refractivity contribution in [2.45, 2.75) is 135 Å². The molecule has 142 valence electrons. The normalized spacial score (nSPS) is 10.7. The van der Waals surface area contributed by atoms with E-state index >= 15 is 0 Å². The molecule has 0 aliphatic rings. The molecule has 0 aromatic carbocycles. The first kappa shape index (κ1) is 23.5. The summed E-state index contributed by atoms with van der Waals surface area (Å²) in [5, 5.41) is 0. The number of allylic oxidation sites excluding steroid dienone is 1. The second-order valence-corrected chi connectivity index (χ2v) is 7.56. The Hall–Kier alpha value is -0.480. The Morgan fingerprint density at radius 2 is 0.792 bits per heavy atom. The molecular formula is C24H46. The van der Waals surface area contributed by atoms with Gasteiger partial charge in [0.25, 0.3) is 0 Å². The van der Waals surface area contributed by atoms with Crippen LogP contribution in [0.1, 0.15) is 135 Å². The minimum atomic E-state index is 1.17. The van der Waals surface area contributed by atoms with Gasteiger partial charge >= 0.3 is 0 Å². The van der Waals surface area contributed by atoms with Crippen LogP contribution in [-0.4, -0.2) is 0 Å². The van der Waals surface area contributed by atoms with Crippen molar-refractivity contribution in [3.05, 3.63) is 18.4 Å². The standard InChI is InChI=1S/C24H46/c1-3-5-7-9-11-13-15-17-19-21-23-24-22-20-18-16-14-12-10-8-6-4-2/h5H,1,4,6-24H2,2H3. The largest absolute Gasteiger partial charge is 0.133 e. The van der Waals surface area contributed by atoms with Gasteiger partial charge in [-0.25, -0.2) is 0 Å². The van der Waals surface area contributed by atoms with Crippen LogP contribution in [0.15, 0.2) is 18.4 Å². The molecule has 0 saturated heterocycles. The Kier molecular flexibility index (Phi) is 22.1. The van der Waals surface area contributed by atoms with E-state index in [4.69, 9.17) is 0 Å². The van der Waals surface area contributed by atoms with Crippen LogP contribution in [0.5, 0.6) is 0 Å². The van der Waals surface area contributed by atoms with Crippen LogP contribution < -0.4 is 0 Å². The summed E-state index contributed by atoms with van der Waals surface area (Å²) >= 11 is 0. The molecule has 0 aromatic rings. The first-order chi connectivity index (χ1) is 11.9. The lowest BCUT2D eigenvalue weighted by Gasteiger charge is -2.03. The topological polar surface area (TPSA) is 0 Å². The molecule has 24 heavy (non-hydrogen) atoms. The summed E-state index contributed by atoms with van der Waals surface area (Å²) in [7, 11) is 0. The van der Waals surface area contributed by atoms with Crippen molar-refractivity contribution in [2.75, 3.05) is 0 Å². The molecule has 0 nitrogen and oxygen atoms in total. The zero-order chi connectivity index (χ0) is 17.6. The lowest BCUT2D eigenvalue weighted by molar-refractivity contribution is 0.523. The Morgan fingerprint density at radius 3 is 1.08 bits per heavy atom. The molecule has 0 saturated carbocycles. The van der Waals surface area contributed by atoms with Crippen LogP contribution in [0.2, 0.25) is 0 Å². The lowest BCUT2D eigenvalue weighted by atomic mass is 10.0. The van der Waals surface area contributed by atoms with E-state index in [-0.39, 0.29) is 0 Å². The maximum absolute atomic E-state index is 3.60. The molecule has 0 aromatic heterocycles. The van der Waals surface area contributed by atoms with Crippen molar-refractivity contribution in [2.24, 2.45) is 0 Å². The monoisotopic (exact) mass is 334 g/mol. The second-order valence-electron chi connectivity index (χ2n) is 7.56. The molecule has 0 atom stereocenters. The predicted molar refractivity (Wildman–Crippen MR) is 112 cm³/mol. The van der Waals surface area contributed by atoms with Crippen molar-refractivity contribution < 1.29 is 0 Å². The zero-order valence-corrected chi connectivity index (χ0v) is 16.9. The summed E-state index contributed by atoms with van der Waals surface area (Å²) in [5.74, 6) is 0. The molecule has 0 bridgehead atoms. The third kappa shape index (κ3) is 21.5. The summed E-state index contributed by atoms with van der Waals surface area (Å²) in [4.78, 5) is 0. The van der Waals surface area contributed by atoms with Crippen LogP contribution in [0, 0.1) is 0 Å². The minimum absolute atomic E-state index is 1.17. The molecule has 0 fully saturated rings. The van der Waals surface area contributed by atoms with Crippen molar-refractivity contribution in [3.63, 3.8) is 0 Å². The van der Waals surface area contributed by atoms with Gasteiger partial charge in [-0.15, -0.1) is 5.73 Å². The van der Waals surface area contributed by atoms with E-state index in [1.54, 1.807) is 0 Å². The van der Waals surface area contributed by atoms with Gasteiger partial charge in [-0.1, -0.05) is 129 Å². The maximum atomic E-state index is 3.60. The van der Waals surface area contributed by atoms with E-state index in [0.29, 0.717) is 0 Å². The van der Waals surface area contributed by atoms with Crippen molar-refractivity contribution in [3.8, 4) is 0 Å². The highest BCUT2D eigenvalue weighted by molar-refractivity contribution is 4.74. The Bertz CT molecular complexity index is 259. The van der Waals surface area contributed by atoms with E-state index in [1.165, 1.54) is 128 Å². The molecule has 0 rings (SSSR count). The third-order valence-electron chi connectivity index (χ3n) is 5.10. The average Bonchev–Trinajstić information content (AvgIpc) is 2.60.